The molecule has 4 heteroatoms. The van der Waals surface area contributed by atoms with E-state index in [9.17, 15) is 4.21 Å². The van der Waals surface area contributed by atoms with E-state index in [1.54, 1.807) is 7.11 Å². The van der Waals surface area contributed by atoms with Gasteiger partial charge in [0.2, 0.25) is 0 Å². The van der Waals surface area contributed by atoms with Crippen LogP contribution in [0.25, 0.3) is 0 Å². The van der Waals surface area contributed by atoms with Gasteiger partial charge in [0.1, 0.15) is 0 Å². The lowest BCUT2D eigenvalue weighted by atomic mass is 10.7. The third-order valence-corrected chi connectivity index (χ3v) is 2.47. The van der Waals surface area contributed by atoms with Crippen molar-refractivity contribution in [2.75, 3.05) is 25.2 Å². The fourth-order valence-electron chi connectivity index (χ4n) is 0.692. The second-order valence-electron chi connectivity index (χ2n) is 1.85. The Morgan fingerprint density at radius 3 is 3.00 bits per heavy atom. The van der Waals surface area contributed by atoms with Crippen molar-refractivity contribution in [3.05, 3.63) is 0 Å². The third-order valence-electron chi connectivity index (χ3n) is 1.20. The molecule has 0 aromatic heterocycles. The van der Waals surface area contributed by atoms with Crippen LogP contribution in [0.15, 0.2) is 0 Å². The summed E-state index contributed by atoms with van der Waals surface area (Å²) in [6.07, 6.45) is -0.236. The van der Waals surface area contributed by atoms with Crippen molar-refractivity contribution < 1.29 is 13.7 Å². The Labute approximate surface area is 56.8 Å². The van der Waals surface area contributed by atoms with Crippen LogP contribution in [0.2, 0.25) is 0 Å². The van der Waals surface area contributed by atoms with Crippen LogP contribution in [0.5, 0.6) is 0 Å². The van der Waals surface area contributed by atoms with Gasteiger partial charge in [-0.1, -0.05) is 0 Å². The van der Waals surface area contributed by atoms with Gasteiger partial charge in [0.05, 0.1) is 12.4 Å². The molecule has 1 fully saturated rings. The molecule has 2 unspecified atom stereocenters. The van der Waals surface area contributed by atoms with Crippen molar-refractivity contribution in [2.45, 2.75) is 6.29 Å². The van der Waals surface area contributed by atoms with Gasteiger partial charge in [-0.3, -0.25) is 4.21 Å². The maximum Gasteiger partial charge on any atom is 0.168 e. The summed E-state index contributed by atoms with van der Waals surface area (Å²) in [5.74, 6) is 1.18. The van der Waals surface area contributed by atoms with Gasteiger partial charge in [0, 0.05) is 23.7 Å². The SMILES string of the molecule is COC1CS(=O)CCO1. The van der Waals surface area contributed by atoms with Crippen LogP contribution in [-0.2, 0) is 20.3 Å². The smallest absolute Gasteiger partial charge is 0.168 e. The first-order chi connectivity index (χ1) is 4.33. The van der Waals surface area contributed by atoms with E-state index < -0.39 is 10.8 Å². The maximum absolute atomic E-state index is 10.8. The van der Waals surface area contributed by atoms with Crippen LogP contribution >= 0.6 is 0 Å². The van der Waals surface area contributed by atoms with E-state index in [-0.39, 0.29) is 6.29 Å². The molecule has 0 aromatic rings. The molecule has 0 amide bonds. The second-order valence-corrected chi connectivity index (χ2v) is 3.47. The summed E-state index contributed by atoms with van der Waals surface area (Å²) >= 11 is 0. The third kappa shape index (κ3) is 2.04. The van der Waals surface area contributed by atoms with E-state index in [1.807, 2.05) is 0 Å². The molecule has 0 spiro atoms. The monoisotopic (exact) mass is 150 g/mol. The number of hydrogen-bond acceptors (Lipinski definition) is 3. The van der Waals surface area contributed by atoms with Crippen molar-refractivity contribution in [2.24, 2.45) is 0 Å². The first-order valence-corrected chi connectivity index (χ1v) is 4.31. The zero-order chi connectivity index (χ0) is 6.69. The summed E-state index contributed by atoms with van der Waals surface area (Å²) in [5, 5.41) is 0. The summed E-state index contributed by atoms with van der Waals surface area (Å²) in [6, 6.07) is 0. The molecule has 0 saturated carbocycles. The van der Waals surface area contributed by atoms with Crippen molar-refractivity contribution in [3.63, 3.8) is 0 Å². The largest absolute Gasteiger partial charge is 0.355 e. The zero-order valence-electron chi connectivity index (χ0n) is 5.33. The van der Waals surface area contributed by atoms with E-state index in [0.717, 1.165) is 0 Å². The van der Waals surface area contributed by atoms with Crippen LogP contribution in [0, 0.1) is 0 Å². The molecular weight excluding hydrogens is 140 g/mol. The van der Waals surface area contributed by atoms with Gasteiger partial charge in [-0.05, 0) is 0 Å². The molecule has 1 saturated heterocycles. The summed E-state index contributed by atoms with van der Waals surface area (Å²) in [7, 11) is 0.843. The topological polar surface area (TPSA) is 35.5 Å². The Balaban J connectivity index is 2.32. The normalized spacial score (nSPS) is 36.6. The average molecular weight is 150 g/mol. The van der Waals surface area contributed by atoms with Crippen LogP contribution < -0.4 is 0 Å². The molecule has 0 radical (unpaired) electrons. The quantitative estimate of drug-likeness (QED) is 0.516. The summed E-state index contributed by atoms with van der Waals surface area (Å²) in [5.41, 5.74) is 0. The maximum atomic E-state index is 10.8. The van der Waals surface area contributed by atoms with Crippen LogP contribution in [0.4, 0.5) is 0 Å². The van der Waals surface area contributed by atoms with Gasteiger partial charge < -0.3 is 9.47 Å². The minimum Gasteiger partial charge on any atom is -0.355 e. The van der Waals surface area contributed by atoms with Gasteiger partial charge in [0.25, 0.3) is 0 Å². The van der Waals surface area contributed by atoms with Crippen LogP contribution in [0.1, 0.15) is 0 Å². The Hall–Kier alpha value is 0.0700. The standard InChI is InChI=1S/C5H10O3S/c1-7-5-4-9(6)3-2-8-5/h5H,2-4H2,1H3. The predicted octanol–water partition coefficient (Wildman–Crippen LogP) is -0.262. The van der Waals surface area contributed by atoms with Crippen molar-refractivity contribution in [1.29, 1.82) is 0 Å². The second kappa shape index (κ2) is 3.29. The molecule has 0 aromatic carbocycles. The highest BCUT2D eigenvalue weighted by molar-refractivity contribution is 7.85. The lowest BCUT2D eigenvalue weighted by Crippen LogP contribution is -2.31. The molecule has 0 bridgehead atoms. The molecule has 1 aliphatic heterocycles. The molecule has 2 atom stereocenters. The molecule has 54 valence electrons. The average Bonchev–Trinajstić information content (AvgIpc) is 1.88. The highest BCUT2D eigenvalue weighted by atomic mass is 32.2. The Morgan fingerprint density at radius 1 is 1.78 bits per heavy atom. The minimum absolute atomic E-state index is 0.236. The molecule has 1 rings (SSSR count). The zero-order valence-corrected chi connectivity index (χ0v) is 6.15. The molecular formula is C5H10O3S. The number of rotatable bonds is 1. The number of ether oxygens (including phenoxy) is 2. The van der Waals surface area contributed by atoms with Gasteiger partial charge in [0.15, 0.2) is 6.29 Å². The summed E-state index contributed by atoms with van der Waals surface area (Å²) in [4.78, 5) is 0. The summed E-state index contributed by atoms with van der Waals surface area (Å²) in [6.45, 7) is 0.561. The molecule has 0 N–H and O–H groups in total. The first kappa shape index (κ1) is 7.18. The minimum atomic E-state index is -0.720. The van der Waals surface area contributed by atoms with E-state index in [0.29, 0.717) is 18.1 Å². The highest BCUT2D eigenvalue weighted by Gasteiger charge is 2.17. The summed E-state index contributed by atoms with van der Waals surface area (Å²) < 4.78 is 20.7. The van der Waals surface area contributed by atoms with E-state index in [4.69, 9.17) is 9.47 Å². The molecule has 1 aliphatic rings. The van der Waals surface area contributed by atoms with Gasteiger partial charge in [-0.2, -0.15) is 0 Å². The van der Waals surface area contributed by atoms with Crippen LogP contribution in [-0.4, -0.2) is 35.7 Å². The fourth-order valence-corrected chi connectivity index (χ4v) is 1.68. The van der Waals surface area contributed by atoms with Gasteiger partial charge in [-0.15, -0.1) is 0 Å². The van der Waals surface area contributed by atoms with Gasteiger partial charge >= 0.3 is 0 Å². The predicted molar refractivity (Wildman–Crippen MR) is 34.6 cm³/mol. The fraction of sp³-hybridized carbons (Fsp3) is 1.00. The van der Waals surface area contributed by atoms with Gasteiger partial charge in [-0.25, -0.2) is 0 Å². The van der Waals surface area contributed by atoms with E-state index >= 15 is 0 Å². The first-order valence-electron chi connectivity index (χ1n) is 2.82. The Morgan fingerprint density at radius 2 is 2.56 bits per heavy atom. The molecule has 3 nitrogen and oxygen atoms in total. The lowest BCUT2D eigenvalue weighted by Gasteiger charge is -2.19. The Kier molecular flexibility index (Phi) is 2.63. The van der Waals surface area contributed by atoms with E-state index in [1.165, 1.54) is 0 Å². The van der Waals surface area contributed by atoms with Crippen molar-refractivity contribution in [1.82, 2.24) is 0 Å². The molecule has 1 heterocycles. The molecule has 9 heavy (non-hydrogen) atoms. The Bertz CT molecular complexity index is 115. The number of methoxy groups -OCH3 is 1. The van der Waals surface area contributed by atoms with E-state index in [2.05, 4.69) is 0 Å². The number of hydrogen-bond donors (Lipinski definition) is 0. The van der Waals surface area contributed by atoms with Crippen molar-refractivity contribution in [3.8, 4) is 0 Å². The lowest BCUT2D eigenvalue weighted by molar-refractivity contribution is -0.107. The van der Waals surface area contributed by atoms with Crippen LogP contribution in [0.3, 0.4) is 0 Å². The molecule has 0 aliphatic carbocycles. The highest BCUT2D eigenvalue weighted by Crippen LogP contribution is 2.02. The van der Waals surface area contributed by atoms with Crippen molar-refractivity contribution >= 4 is 10.8 Å².